The predicted octanol–water partition coefficient (Wildman–Crippen LogP) is 3.38. The third-order valence-electron chi connectivity index (χ3n) is 4.36. The van der Waals surface area contributed by atoms with Crippen LogP contribution in [0.3, 0.4) is 0 Å². The molecule has 0 fully saturated rings. The Balaban J connectivity index is 1.58. The van der Waals surface area contributed by atoms with Crippen LogP contribution < -0.4 is 10.9 Å². The zero-order chi connectivity index (χ0) is 20.2. The van der Waals surface area contributed by atoms with Gasteiger partial charge < -0.3 is 5.32 Å². The van der Waals surface area contributed by atoms with E-state index in [0.717, 1.165) is 23.2 Å². The summed E-state index contributed by atoms with van der Waals surface area (Å²) in [5, 5.41) is 6.12. The maximum Gasteiger partial charge on any atom is 0.266 e. The summed E-state index contributed by atoms with van der Waals surface area (Å²) in [5.74, 6) is 0.515. The number of fused-ring (bicyclic) bond motifs is 1. The number of carbonyl (C=O) groups excluding carboxylic acids is 1. The number of rotatable bonds is 6. The standard InChI is InChI=1S/C21H19N5O2S/c1-2-14-8-6-7-11-16(14)22-19(28)13-29-21-24-20(15-9-4-3-5-10-15)23-17-12-18(27)25-26(17)21/h3-12H,2,13H2,1H3,(H,22,28)(H,25,27). The summed E-state index contributed by atoms with van der Waals surface area (Å²) in [6, 6.07) is 18.7. The van der Waals surface area contributed by atoms with Gasteiger partial charge in [0.1, 0.15) is 0 Å². The van der Waals surface area contributed by atoms with Crippen LogP contribution in [0.15, 0.2) is 70.6 Å². The molecule has 2 N–H and O–H groups in total. The zero-order valence-corrected chi connectivity index (χ0v) is 16.6. The minimum absolute atomic E-state index is 0.140. The quantitative estimate of drug-likeness (QED) is 0.480. The van der Waals surface area contributed by atoms with Crippen molar-refractivity contribution < 1.29 is 4.79 Å². The first-order valence-electron chi connectivity index (χ1n) is 9.20. The summed E-state index contributed by atoms with van der Waals surface area (Å²) in [6.07, 6.45) is 0.834. The third-order valence-corrected chi connectivity index (χ3v) is 5.30. The lowest BCUT2D eigenvalue weighted by Crippen LogP contribution is -2.16. The molecule has 0 aliphatic carbocycles. The Labute approximate surface area is 171 Å². The summed E-state index contributed by atoms with van der Waals surface area (Å²) in [4.78, 5) is 33.3. The molecule has 4 rings (SSSR count). The van der Waals surface area contributed by atoms with Crippen LogP contribution >= 0.6 is 11.8 Å². The number of amides is 1. The minimum Gasteiger partial charge on any atom is -0.325 e. The average molecular weight is 405 g/mol. The first kappa shape index (κ1) is 18.9. The van der Waals surface area contributed by atoms with Gasteiger partial charge in [-0.3, -0.25) is 14.7 Å². The number of aryl methyl sites for hydroxylation is 1. The first-order chi connectivity index (χ1) is 14.1. The maximum atomic E-state index is 12.5. The maximum absolute atomic E-state index is 12.5. The number of benzene rings is 2. The number of H-pyrrole nitrogens is 1. The number of aromatic amines is 1. The number of nitrogens with one attached hydrogen (secondary N) is 2. The summed E-state index contributed by atoms with van der Waals surface area (Å²) >= 11 is 1.24. The molecule has 2 aromatic heterocycles. The van der Waals surface area contributed by atoms with Gasteiger partial charge in [0, 0.05) is 17.3 Å². The van der Waals surface area contributed by atoms with Gasteiger partial charge in [0.25, 0.3) is 5.56 Å². The summed E-state index contributed by atoms with van der Waals surface area (Å²) in [7, 11) is 0. The number of thioether (sulfide) groups is 1. The van der Waals surface area contributed by atoms with Crippen LogP contribution in [0, 0.1) is 0 Å². The van der Waals surface area contributed by atoms with E-state index >= 15 is 0 Å². The summed E-state index contributed by atoms with van der Waals surface area (Å²) < 4.78 is 1.51. The van der Waals surface area contributed by atoms with Crippen LogP contribution in [0.2, 0.25) is 0 Å². The van der Waals surface area contributed by atoms with E-state index in [-0.39, 0.29) is 17.2 Å². The van der Waals surface area contributed by atoms with Crippen LogP contribution in [0.4, 0.5) is 5.69 Å². The lowest BCUT2D eigenvalue weighted by atomic mass is 10.1. The van der Waals surface area contributed by atoms with Crippen LogP contribution in [0.1, 0.15) is 12.5 Å². The second-order valence-electron chi connectivity index (χ2n) is 6.36. The molecule has 0 spiro atoms. The SMILES string of the molecule is CCc1ccccc1NC(=O)CSc1nc(-c2ccccc2)nc2cc(=O)[nH]n12. The second kappa shape index (κ2) is 8.32. The lowest BCUT2D eigenvalue weighted by Gasteiger charge is -2.10. The second-order valence-corrected chi connectivity index (χ2v) is 7.30. The molecule has 0 bridgehead atoms. The molecule has 0 atom stereocenters. The number of nitrogens with zero attached hydrogens (tertiary/aromatic N) is 3. The molecule has 0 unspecified atom stereocenters. The molecule has 7 nitrogen and oxygen atoms in total. The van der Waals surface area contributed by atoms with Crippen molar-refractivity contribution in [3.63, 3.8) is 0 Å². The van der Waals surface area contributed by atoms with E-state index < -0.39 is 0 Å². The molecule has 0 saturated heterocycles. The van der Waals surface area contributed by atoms with Crippen molar-refractivity contribution in [2.45, 2.75) is 18.5 Å². The van der Waals surface area contributed by atoms with E-state index in [1.807, 2.05) is 61.5 Å². The minimum atomic E-state index is -0.271. The van der Waals surface area contributed by atoms with Gasteiger partial charge in [-0.15, -0.1) is 0 Å². The highest BCUT2D eigenvalue weighted by Crippen LogP contribution is 2.22. The topological polar surface area (TPSA) is 92.2 Å². The predicted molar refractivity (Wildman–Crippen MR) is 114 cm³/mol. The van der Waals surface area contributed by atoms with Gasteiger partial charge in [0.05, 0.1) is 5.75 Å². The fourth-order valence-electron chi connectivity index (χ4n) is 2.96. The van der Waals surface area contributed by atoms with Crippen molar-refractivity contribution in [2.75, 3.05) is 11.1 Å². The number of anilines is 1. The molecule has 1 amide bonds. The molecule has 0 aliphatic rings. The highest BCUT2D eigenvalue weighted by molar-refractivity contribution is 7.99. The van der Waals surface area contributed by atoms with Crippen LogP contribution in [-0.4, -0.2) is 31.2 Å². The van der Waals surface area contributed by atoms with E-state index in [9.17, 15) is 9.59 Å². The molecule has 0 radical (unpaired) electrons. The highest BCUT2D eigenvalue weighted by Gasteiger charge is 2.13. The van der Waals surface area contributed by atoms with Crippen LogP contribution in [0.5, 0.6) is 0 Å². The largest absolute Gasteiger partial charge is 0.325 e. The van der Waals surface area contributed by atoms with Crippen LogP contribution in [-0.2, 0) is 11.2 Å². The third kappa shape index (κ3) is 4.22. The number of carbonyl (C=O) groups is 1. The Morgan fingerprint density at radius 3 is 2.66 bits per heavy atom. The molecular weight excluding hydrogens is 386 g/mol. The van der Waals surface area contributed by atoms with E-state index in [1.165, 1.54) is 22.3 Å². The van der Waals surface area contributed by atoms with Gasteiger partial charge in [0.15, 0.2) is 16.6 Å². The molecule has 0 saturated carbocycles. The lowest BCUT2D eigenvalue weighted by molar-refractivity contribution is -0.113. The Morgan fingerprint density at radius 2 is 1.86 bits per heavy atom. The molecule has 2 heterocycles. The Morgan fingerprint density at radius 1 is 1.10 bits per heavy atom. The van der Waals surface area contributed by atoms with Crippen molar-refractivity contribution in [3.05, 3.63) is 76.6 Å². The fraction of sp³-hybridized carbons (Fsp3) is 0.143. The molecule has 0 aliphatic heterocycles. The number of hydrogen-bond donors (Lipinski definition) is 2. The molecule has 146 valence electrons. The zero-order valence-electron chi connectivity index (χ0n) is 15.8. The summed E-state index contributed by atoms with van der Waals surface area (Å²) in [5.41, 5.74) is 2.92. The van der Waals surface area contributed by atoms with Gasteiger partial charge in [0.2, 0.25) is 5.91 Å². The van der Waals surface area contributed by atoms with E-state index in [1.54, 1.807) is 0 Å². The summed E-state index contributed by atoms with van der Waals surface area (Å²) in [6.45, 7) is 2.05. The van der Waals surface area contributed by atoms with Crippen molar-refractivity contribution in [3.8, 4) is 11.4 Å². The molecule has 8 heteroatoms. The van der Waals surface area contributed by atoms with Gasteiger partial charge in [-0.05, 0) is 18.1 Å². The van der Waals surface area contributed by atoms with Gasteiger partial charge >= 0.3 is 0 Å². The number of para-hydroxylation sites is 1. The van der Waals surface area contributed by atoms with Crippen LogP contribution in [0.25, 0.3) is 17.0 Å². The van der Waals surface area contributed by atoms with Crippen molar-refractivity contribution in [1.82, 2.24) is 19.6 Å². The molecule has 2 aromatic carbocycles. The molecule has 4 aromatic rings. The Hall–Kier alpha value is -3.39. The Bertz CT molecular complexity index is 1220. The number of aromatic nitrogens is 4. The molecule has 29 heavy (non-hydrogen) atoms. The monoisotopic (exact) mass is 405 g/mol. The van der Waals surface area contributed by atoms with E-state index in [2.05, 4.69) is 20.4 Å². The fourth-order valence-corrected chi connectivity index (χ4v) is 3.72. The van der Waals surface area contributed by atoms with E-state index in [0.29, 0.717) is 16.6 Å². The number of hydrogen-bond acceptors (Lipinski definition) is 5. The molecular formula is C21H19N5O2S. The normalized spacial score (nSPS) is 10.9. The first-order valence-corrected chi connectivity index (χ1v) is 10.2. The van der Waals surface area contributed by atoms with Gasteiger partial charge in [-0.1, -0.05) is 67.2 Å². The highest BCUT2D eigenvalue weighted by atomic mass is 32.2. The Kier molecular flexibility index (Phi) is 5.44. The average Bonchev–Trinajstić information content (AvgIpc) is 3.13. The van der Waals surface area contributed by atoms with Crippen molar-refractivity contribution >= 4 is 29.0 Å². The van der Waals surface area contributed by atoms with Crippen molar-refractivity contribution in [1.29, 1.82) is 0 Å². The van der Waals surface area contributed by atoms with Gasteiger partial charge in [-0.25, -0.2) is 14.5 Å². The van der Waals surface area contributed by atoms with E-state index in [4.69, 9.17) is 0 Å². The van der Waals surface area contributed by atoms with Gasteiger partial charge in [-0.2, -0.15) is 0 Å². The smallest absolute Gasteiger partial charge is 0.266 e. The van der Waals surface area contributed by atoms with Crippen molar-refractivity contribution in [2.24, 2.45) is 0 Å².